The van der Waals surface area contributed by atoms with E-state index in [1.165, 1.54) is 0 Å². The molecule has 72 valence electrons. The number of furan rings is 1. The molecule has 13 heavy (non-hydrogen) atoms. The molecular weight excluding hydrogens is 234 g/mol. The fourth-order valence-corrected chi connectivity index (χ4v) is 1.24. The molecule has 0 saturated heterocycles. The summed E-state index contributed by atoms with van der Waals surface area (Å²) in [6.45, 7) is 3.40. The average Bonchev–Trinajstić information content (AvgIpc) is 2.33. The van der Waals surface area contributed by atoms with Crippen molar-refractivity contribution in [1.82, 2.24) is 0 Å². The van der Waals surface area contributed by atoms with Crippen LogP contribution in [-0.4, -0.2) is 11.3 Å². The van der Waals surface area contributed by atoms with Gasteiger partial charge < -0.3 is 10.2 Å². The second kappa shape index (κ2) is 3.64. The lowest BCUT2D eigenvalue weighted by Gasteiger charge is -2.15. The predicted molar refractivity (Wildman–Crippen MR) is 53.4 cm³/mol. The minimum Gasteiger partial charge on any atom is -0.457 e. The van der Waals surface area contributed by atoms with Crippen LogP contribution in [0.1, 0.15) is 19.4 Å². The molecule has 1 aromatic heterocycles. The number of hydrogen-bond acceptors (Lipinski definition) is 3. The second-order valence-corrected chi connectivity index (χ2v) is 4.36. The van der Waals surface area contributed by atoms with E-state index in [4.69, 9.17) is 10.2 Å². The van der Waals surface area contributed by atoms with Crippen LogP contribution in [0.2, 0.25) is 0 Å². The third-order valence-electron chi connectivity index (χ3n) is 1.71. The van der Waals surface area contributed by atoms with Gasteiger partial charge in [0.15, 0.2) is 10.5 Å². The molecule has 0 fully saturated rings. The summed E-state index contributed by atoms with van der Waals surface area (Å²) in [7, 11) is 0. The Morgan fingerprint density at radius 1 is 1.69 bits per heavy atom. The summed E-state index contributed by atoms with van der Waals surface area (Å²) in [5.74, 6) is 0.000741. The van der Waals surface area contributed by atoms with E-state index in [0.29, 0.717) is 11.1 Å². The third kappa shape index (κ3) is 2.97. The first-order chi connectivity index (χ1) is 5.89. The van der Waals surface area contributed by atoms with E-state index < -0.39 is 5.54 Å². The third-order valence-corrected chi connectivity index (χ3v) is 2.12. The van der Waals surface area contributed by atoms with Gasteiger partial charge in [0.25, 0.3) is 0 Å². The van der Waals surface area contributed by atoms with E-state index in [-0.39, 0.29) is 5.78 Å². The van der Waals surface area contributed by atoms with Crippen molar-refractivity contribution in [2.24, 2.45) is 5.73 Å². The van der Waals surface area contributed by atoms with Crippen LogP contribution in [0.3, 0.4) is 0 Å². The second-order valence-electron chi connectivity index (χ2n) is 3.58. The Bertz CT molecular complexity index is 312. The SMILES string of the molecule is CC(C)(N)C(=O)Cc1coc(Br)c1. The highest BCUT2D eigenvalue weighted by molar-refractivity contribution is 9.10. The van der Waals surface area contributed by atoms with Gasteiger partial charge in [0.1, 0.15) is 0 Å². The molecule has 1 aromatic rings. The molecule has 3 nitrogen and oxygen atoms in total. The Kier molecular flexibility index (Phi) is 2.93. The zero-order valence-corrected chi connectivity index (χ0v) is 9.22. The van der Waals surface area contributed by atoms with Crippen molar-refractivity contribution in [2.75, 3.05) is 0 Å². The normalized spacial score (nSPS) is 11.7. The fourth-order valence-electron chi connectivity index (χ4n) is 0.852. The highest BCUT2D eigenvalue weighted by atomic mass is 79.9. The molecule has 0 spiro atoms. The van der Waals surface area contributed by atoms with Gasteiger partial charge in [-0.05, 0) is 41.4 Å². The average molecular weight is 246 g/mol. The number of carbonyl (C=O) groups is 1. The Morgan fingerprint density at radius 3 is 2.69 bits per heavy atom. The van der Waals surface area contributed by atoms with Crippen LogP contribution in [0.5, 0.6) is 0 Å². The summed E-state index contributed by atoms with van der Waals surface area (Å²) in [4.78, 5) is 11.5. The Hall–Kier alpha value is -0.610. The van der Waals surface area contributed by atoms with Crippen molar-refractivity contribution < 1.29 is 9.21 Å². The maximum atomic E-state index is 11.5. The highest BCUT2D eigenvalue weighted by Gasteiger charge is 2.22. The molecule has 0 saturated carbocycles. The molecule has 0 bridgehead atoms. The summed E-state index contributed by atoms with van der Waals surface area (Å²) in [6.07, 6.45) is 1.87. The molecule has 1 rings (SSSR count). The van der Waals surface area contributed by atoms with Crippen molar-refractivity contribution in [3.63, 3.8) is 0 Å². The molecule has 0 atom stereocenters. The van der Waals surface area contributed by atoms with Gasteiger partial charge >= 0.3 is 0 Å². The van der Waals surface area contributed by atoms with Gasteiger partial charge in [0, 0.05) is 6.42 Å². The van der Waals surface area contributed by atoms with Gasteiger partial charge in [0.2, 0.25) is 0 Å². The van der Waals surface area contributed by atoms with Crippen LogP contribution >= 0.6 is 15.9 Å². The molecule has 4 heteroatoms. The van der Waals surface area contributed by atoms with E-state index in [1.807, 2.05) is 0 Å². The first-order valence-electron chi connectivity index (χ1n) is 3.94. The summed E-state index contributed by atoms with van der Waals surface area (Å²) >= 11 is 3.16. The van der Waals surface area contributed by atoms with E-state index >= 15 is 0 Å². The van der Waals surface area contributed by atoms with Gasteiger partial charge in [-0.3, -0.25) is 4.79 Å². The predicted octanol–water partition coefficient (Wildman–Crippen LogP) is 1.89. The lowest BCUT2D eigenvalue weighted by Crippen LogP contribution is -2.42. The molecule has 0 aromatic carbocycles. The number of nitrogens with two attached hydrogens (primary N) is 1. The number of rotatable bonds is 3. The number of hydrogen-bond donors (Lipinski definition) is 1. The molecule has 0 aliphatic heterocycles. The minimum atomic E-state index is -0.774. The smallest absolute Gasteiger partial charge is 0.169 e. The van der Waals surface area contributed by atoms with E-state index in [0.717, 1.165) is 5.56 Å². The number of carbonyl (C=O) groups excluding carboxylic acids is 1. The molecular formula is C9H12BrNO2. The Labute approximate surface area is 85.4 Å². The van der Waals surface area contributed by atoms with Gasteiger partial charge in [0.05, 0.1) is 11.8 Å². The minimum absolute atomic E-state index is 0.000741. The van der Waals surface area contributed by atoms with Crippen LogP contribution in [-0.2, 0) is 11.2 Å². The fraction of sp³-hybridized carbons (Fsp3) is 0.444. The molecule has 0 radical (unpaired) electrons. The standard InChI is InChI=1S/C9H12BrNO2/c1-9(2,11)7(12)3-6-4-8(10)13-5-6/h4-5H,3,11H2,1-2H3. The van der Waals surface area contributed by atoms with Crippen molar-refractivity contribution in [2.45, 2.75) is 25.8 Å². The van der Waals surface area contributed by atoms with E-state index in [9.17, 15) is 4.79 Å². The monoisotopic (exact) mass is 245 g/mol. The zero-order chi connectivity index (χ0) is 10.1. The van der Waals surface area contributed by atoms with Crippen molar-refractivity contribution in [3.8, 4) is 0 Å². The van der Waals surface area contributed by atoms with Crippen molar-refractivity contribution >= 4 is 21.7 Å². The largest absolute Gasteiger partial charge is 0.457 e. The summed E-state index contributed by atoms with van der Waals surface area (Å²) in [6, 6.07) is 1.77. The first-order valence-corrected chi connectivity index (χ1v) is 4.74. The van der Waals surface area contributed by atoms with Crippen LogP contribution in [0.25, 0.3) is 0 Å². The van der Waals surface area contributed by atoms with Gasteiger partial charge in [-0.1, -0.05) is 0 Å². The Morgan fingerprint density at radius 2 is 2.31 bits per heavy atom. The molecule has 0 aliphatic carbocycles. The van der Waals surface area contributed by atoms with E-state index in [1.54, 1.807) is 26.2 Å². The first kappa shape index (κ1) is 10.5. The van der Waals surface area contributed by atoms with Crippen LogP contribution in [0.4, 0.5) is 0 Å². The van der Waals surface area contributed by atoms with Crippen molar-refractivity contribution in [3.05, 3.63) is 22.6 Å². The molecule has 2 N–H and O–H groups in total. The van der Waals surface area contributed by atoms with Crippen LogP contribution in [0, 0.1) is 0 Å². The maximum Gasteiger partial charge on any atom is 0.169 e. The van der Waals surface area contributed by atoms with Crippen LogP contribution in [0.15, 0.2) is 21.4 Å². The van der Waals surface area contributed by atoms with E-state index in [2.05, 4.69) is 15.9 Å². The van der Waals surface area contributed by atoms with Crippen molar-refractivity contribution in [1.29, 1.82) is 0 Å². The molecule has 0 unspecified atom stereocenters. The Balaban J connectivity index is 2.65. The van der Waals surface area contributed by atoms with Crippen LogP contribution < -0.4 is 5.73 Å². The molecule has 1 heterocycles. The number of Topliss-reactive ketones (excluding diaryl/α,β-unsaturated/α-hetero) is 1. The quantitative estimate of drug-likeness (QED) is 0.885. The summed E-state index contributed by atoms with van der Waals surface area (Å²) in [5, 5.41) is 0. The summed E-state index contributed by atoms with van der Waals surface area (Å²) in [5.41, 5.74) is 5.71. The molecule has 0 aliphatic rings. The van der Waals surface area contributed by atoms with Gasteiger partial charge in [-0.2, -0.15) is 0 Å². The lowest BCUT2D eigenvalue weighted by molar-refractivity contribution is -0.122. The lowest BCUT2D eigenvalue weighted by atomic mass is 9.96. The maximum absolute atomic E-state index is 11.5. The topological polar surface area (TPSA) is 56.2 Å². The van der Waals surface area contributed by atoms with Gasteiger partial charge in [-0.15, -0.1) is 0 Å². The molecule has 0 amide bonds. The van der Waals surface area contributed by atoms with Gasteiger partial charge in [-0.25, -0.2) is 0 Å². The number of halogens is 1. The number of ketones is 1. The zero-order valence-electron chi connectivity index (χ0n) is 7.63. The highest BCUT2D eigenvalue weighted by Crippen LogP contribution is 2.16. The summed E-state index contributed by atoms with van der Waals surface area (Å²) < 4.78 is 5.63.